The Morgan fingerprint density at radius 3 is 2.60 bits per heavy atom. The van der Waals surface area contributed by atoms with Gasteiger partial charge < -0.3 is 5.73 Å². The van der Waals surface area contributed by atoms with Gasteiger partial charge in [0, 0.05) is 11.8 Å². The van der Waals surface area contributed by atoms with Gasteiger partial charge >= 0.3 is 0 Å². The van der Waals surface area contributed by atoms with Gasteiger partial charge in [-0.3, -0.25) is 0 Å². The summed E-state index contributed by atoms with van der Waals surface area (Å²) in [5, 5.41) is 8.63. The molecule has 1 atom stereocenters. The van der Waals surface area contributed by atoms with E-state index < -0.39 is 0 Å². The first-order chi connectivity index (χ1) is 7.22. The van der Waals surface area contributed by atoms with Crippen molar-refractivity contribution in [1.82, 2.24) is 0 Å². The third-order valence-corrected chi connectivity index (χ3v) is 3.13. The van der Waals surface area contributed by atoms with Crippen molar-refractivity contribution >= 4 is 11.8 Å². The van der Waals surface area contributed by atoms with Crippen LogP contribution in [0.25, 0.3) is 0 Å². The summed E-state index contributed by atoms with van der Waals surface area (Å²) in [5.74, 6) is 2.09. The molecule has 15 heavy (non-hydrogen) atoms. The molecule has 0 aromatic heterocycles. The van der Waals surface area contributed by atoms with E-state index in [4.69, 9.17) is 11.0 Å². The van der Waals surface area contributed by atoms with Gasteiger partial charge in [0.1, 0.15) is 0 Å². The molecule has 0 aliphatic carbocycles. The summed E-state index contributed by atoms with van der Waals surface area (Å²) in [5.41, 5.74) is 7.65. The molecule has 2 N–H and O–H groups in total. The predicted octanol–water partition coefficient (Wildman–Crippen LogP) is 2.53. The number of nitriles is 1. The molecule has 1 aromatic carbocycles. The van der Waals surface area contributed by atoms with Crippen molar-refractivity contribution < 1.29 is 0 Å². The first-order valence-electron chi connectivity index (χ1n) is 5.04. The van der Waals surface area contributed by atoms with Crippen LogP contribution in [0.2, 0.25) is 0 Å². The second-order valence-electron chi connectivity index (χ2n) is 3.63. The summed E-state index contributed by atoms with van der Waals surface area (Å²) in [6.45, 7) is 2.03. The van der Waals surface area contributed by atoms with Crippen LogP contribution in [0.15, 0.2) is 24.3 Å². The van der Waals surface area contributed by atoms with Crippen molar-refractivity contribution in [2.24, 2.45) is 5.73 Å². The zero-order chi connectivity index (χ0) is 11.1. The predicted molar refractivity (Wildman–Crippen MR) is 65.6 cm³/mol. The Kier molecular flexibility index (Phi) is 5.23. The molecule has 80 valence electrons. The minimum atomic E-state index is 0.290. The van der Waals surface area contributed by atoms with Gasteiger partial charge in [0.2, 0.25) is 0 Å². The quantitative estimate of drug-likeness (QED) is 0.776. The van der Waals surface area contributed by atoms with Gasteiger partial charge in [-0.05, 0) is 36.8 Å². The molecule has 0 aliphatic heterocycles. The Labute approximate surface area is 95.5 Å². The maximum Gasteiger partial charge on any atom is 0.0991 e. The van der Waals surface area contributed by atoms with E-state index in [1.54, 1.807) is 0 Å². The van der Waals surface area contributed by atoms with Crippen LogP contribution < -0.4 is 5.73 Å². The Balaban J connectivity index is 2.29. The highest BCUT2D eigenvalue weighted by Crippen LogP contribution is 2.14. The van der Waals surface area contributed by atoms with Crippen LogP contribution in [0.1, 0.15) is 24.5 Å². The van der Waals surface area contributed by atoms with E-state index in [1.165, 1.54) is 5.56 Å². The van der Waals surface area contributed by atoms with Gasteiger partial charge in [0.05, 0.1) is 11.6 Å². The summed E-state index contributed by atoms with van der Waals surface area (Å²) < 4.78 is 0. The van der Waals surface area contributed by atoms with E-state index in [0.717, 1.165) is 23.5 Å². The molecule has 0 radical (unpaired) electrons. The molecule has 0 saturated heterocycles. The number of nitrogens with zero attached hydrogens (tertiary/aromatic N) is 1. The van der Waals surface area contributed by atoms with Crippen LogP contribution in [0.3, 0.4) is 0 Å². The molecular weight excluding hydrogens is 204 g/mol. The molecule has 1 aromatic rings. The maximum absolute atomic E-state index is 8.63. The molecule has 0 heterocycles. The molecule has 1 unspecified atom stereocenters. The van der Waals surface area contributed by atoms with Crippen LogP contribution >= 0.6 is 11.8 Å². The Morgan fingerprint density at radius 1 is 1.40 bits per heavy atom. The number of rotatable bonds is 5. The summed E-state index contributed by atoms with van der Waals surface area (Å²) in [7, 11) is 0. The van der Waals surface area contributed by atoms with Crippen LogP contribution in [-0.4, -0.2) is 11.8 Å². The molecule has 0 bridgehead atoms. The molecule has 0 aliphatic rings. The Morgan fingerprint density at radius 2 is 2.07 bits per heavy atom. The van der Waals surface area contributed by atoms with Gasteiger partial charge in [0.15, 0.2) is 0 Å². The molecule has 0 saturated carbocycles. The standard InChI is InChI=1S/C12H16N2S/c1-10(14)6-7-15-9-12-4-2-11(8-13)3-5-12/h2-5,10H,6-7,9,14H2,1H3. The largest absolute Gasteiger partial charge is 0.328 e. The average molecular weight is 220 g/mol. The number of nitrogens with two attached hydrogens (primary N) is 1. The fraction of sp³-hybridized carbons (Fsp3) is 0.417. The van der Waals surface area contributed by atoms with E-state index in [2.05, 4.69) is 6.07 Å². The van der Waals surface area contributed by atoms with E-state index in [9.17, 15) is 0 Å². The van der Waals surface area contributed by atoms with Gasteiger partial charge in [-0.15, -0.1) is 0 Å². The third kappa shape index (κ3) is 4.87. The molecule has 0 amide bonds. The van der Waals surface area contributed by atoms with E-state index >= 15 is 0 Å². The topological polar surface area (TPSA) is 49.8 Å². The van der Waals surface area contributed by atoms with E-state index in [-0.39, 0.29) is 0 Å². The van der Waals surface area contributed by atoms with E-state index in [0.29, 0.717) is 6.04 Å². The number of hydrogen-bond acceptors (Lipinski definition) is 3. The molecule has 2 nitrogen and oxygen atoms in total. The average Bonchev–Trinajstić information content (AvgIpc) is 2.25. The highest BCUT2D eigenvalue weighted by molar-refractivity contribution is 7.98. The third-order valence-electron chi connectivity index (χ3n) is 2.07. The van der Waals surface area contributed by atoms with Gasteiger partial charge in [-0.1, -0.05) is 12.1 Å². The number of thioether (sulfide) groups is 1. The monoisotopic (exact) mass is 220 g/mol. The fourth-order valence-corrected chi connectivity index (χ4v) is 2.25. The van der Waals surface area contributed by atoms with Crippen molar-refractivity contribution in [3.8, 4) is 6.07 Å². The van der Waals surface area contributed by atoms with Crippen LogP contribution in [0, 0.1) is 11.3 Å². The van der Waals surface area contributed by atoms with Gasteiger partial charge in [-0.25, -0.2) is 0 Å². The molecular formula is C12H16N2S. The lowest BCUT2D eigenvalue weighted by atomic mass is 10.2. The zero-order valence-electron chi connectivity index (χ0n) is 8.94. The Bertz CT molecular complexity index is 324. The van der Waals surface area contributed by atoms with E-state index in [1.807, 2.05) is 43.0 Å². The van der Waals surface area contributed by atoms with Crippen molar-refractivity contribution in [3.05, 3.63) is 35.4 Å². The smallest absolute Gasteiger partial charge is 0.0991 e. The lowest BCUT2D eigenvalue weighted by Crippen LogP contribution is -2.15. The Hall–Kier alpha value is -0.980. The molecule has 1 rings (SSSR count). The van der Waals surface area contributed by atoms with Crippen molar-refractivity contribution in [2.75, 3.05) is 5.75 Å². The summed E-state index contributed by atoms with van der Waals surface area (Å²) >= 11 is 1.89. The zero-order valence-corrected chi connectivity index (χ0v) is 9.76. The highest BCUT2D eigenvalue weighted by Gasteiger charge is 1.97. The van der Waals surface area contributed by atoms with Gasteiger partial charge in [0.25, 0.3) is 0 Å². The highest BCUT2D eigenvalue weighted by atomic mass is 32.2. The van der Waals surface area contributed by atoms with Crippen molar-refractivity contribution in [3.63, 3.8) is 0 Å². The summed E-state index contributed by atoms with van der Waals surface area (Å²) in [4.78, 5) is 0. The SMILES string of the molecule is CC(N)CCSCc1ccc(C#N)cc1. The normalized spacial score (nSPS) is 12.1. The van der Waals surface area contributed by atoms with Crippen molar-refractivity contribution in [1.29, 1.82) is 5.26 Å². The lowest BCUT2D eigenvalue weighted by Gasteiger charge is -2.04. The molecule has 3 heteroatoms. The fourth-order valence-electron chi connectivity index (χ4n) is 1.13. The van der Waals surface area contributed by atoms with Gasteiger partial charge in [-0.2, -0.15) is 17.0 Å². The van der Waals surface area contributed by atoms with Crippen molar-refractivity contribution in [2.45, 2.75) is 25.1 Å². The summed E-state index contributed by atoms with van der Waals surface area (Å²) in [6, 6.07) is 10.2. The van der Waals surface area contributed by atoms with Crippen LogP contribution in [0.5, 0.6) is 0 Å². The minimum absolute atomic E-state index is 0.290. The lowest BCUT2D eigenvalue weighted by molar-refractivity contribution is 0.721. The molecule has 0 spiro atoms. The number of benzene rings is 1. The minimum Gasteiger partial charge on any atom is -0.328 e. The van der Waals surface area contributed by atoms with Crippen LogP contribution in [0.4, 0.5) is 0 Å². The van der Waals surface area contributed by atoms with Crippen LogP contribution in [-0.2, 0) is 5.75 Å². The maximum atomic E-state index is 8.63. The second-order valence-corrected chi connectivity index (χ2v) is 4.73. The first-order valence-corrected chi connectivity index (χ1v) is 6.20. The number of hydrogen-bond donors (Lipinski definition) is 1. The first kappa shape index (κ1) is 12.1. The summed E-state index contributed by atoms with van der Waals surface area (Å²) in [6.07, 6.45) is 1.06. The second kappa shape index (κ2) is 6.49. The molecule has 0 fully saturated rings.